The molecule has 26 heavy (non-hydrogen) atoms. The van der Waals surface area contributed by atoms with Gasteiger partial charge in [0.05, 0.1) is 0 Å². The second-order valence-electron chi connectivity index (χ2n) is 6.30. The first-order chi connectivity index (χ1) is 12.5. The second kappa shape index (κ2) is 7.95. The zero-order valence-corrected chi connectivity index (χ0v) is 14.4. The number of carbonyl (C=O) groups is 2. The Labute approximate surface area is 150 Å². The molecule has 1 aliphatic rings. The van der Waals surface area contributed by atoms with E-state index in [1.165, 1.54) is 18.2 Å². The Balaban J connectivity index is 1.48. The van der Waals surface area contributed by atoms with Crippen LogP contribution in [0.1, 0.15) is 24.2 Å². The van der Waals surface area contributed by atoms with Crippen molar-refractivity contribution in [1.29, 1.82) is 0 Å². The van der Waals surface area contributed by atoms with Crippen LogP contribution >= 0.6 is 0 Å². The third-order valence-electron chi connectivity index (χ3n) is 4.35. The number of benzene rings is 1. The Morgan fingerprint density at radius 2 is 1.96 bits per heavy atom. The van der Waals surface area contributed by atoms with Gasteiger partial charge in [-0.3, -0.25) is 9.59 Å². The van der Waals surface area contributed by atoms with Gasteiger partial charge in [-0.25, -0.2) is 4.39 Å². The fourth-order valence-corrected chi connectivity index (χ4v) is 2.86. The van der Waals surface area contributed by atoms with Crippen LogP contribution in [0, 0.1) is 18.7 Å². The number of nitrogens with one attached hydrogen (secondary N) is 1. The molecule has 1 saturated heterocycles. The van der Waals surface area contributed by atoms with Gasteiger partial charge in [-0.2, -0.15) is 0 Å². The van der Waals surface area contributed by atoms with Gasteiger partial charge >= 0.3 is 0 Å². The lowest BCUT2D eigenvalue weighted by Gasteiger charge is -2.30. The van der Waals surface area contributed by atoms with Crippen molar-refractivity contribution in [3.05, 3.63) is 53.5 Å². The molecule has 0 aliphatic carbocycles. The minimum Gasteiger partial charge on any atom is -0.360 e. The van der Waals surface area contributed by atoms with E-state index in [2.05, 4.69) is 10.5 Å². The van der Waals surface area contributed by atoms with E-state index >= 15 is 0 Å². The maximum Gasteiger partial charge on any atom is 0.246 e. The summed E-state index contributed by atoms with van der Waals surface area (Å²) in [7, 11) is 0. The quantitative estimate of drug-likeness (QED) is 0.854. The molecule has 0 radical (unpaired) electrons. The Morgan fingerprint density at radius 1 is 1.27 bits per heavy atom. The number of likely N-dealkylation sites (tertiary alicyclic amines) is 1. The maximum absolute atomic E-state index is 12.9. The van der Waals surface area contributed by atoms with Crippen LogP contribution in [0.2, 0.25) is 0 Å². The largest absolute Gasteiger partial charge is 0.360 e. The van der Waals surface area contributed by atoms with Gasteiger partial charge in [0.25, 0.3) is 0 Å². The first-order valence-electron chi connectivity index (χ1n) is 8.48. The lowest BCUT2D eigenvalue weighted by atomic mass is 9.96. The highest BCUT2D eigenvalue weighted by atomic mass is 19.1. The van der Waals surface area contributed by atoms with Gasteiger partial charge in [-0.15, -0.1) is 0 Å². The van der Waals surface area contributed by atoms with Crippen molar-refractivity contribution in [2.24, 2.45) is 5.92 Å². The molecule has 3 rings (SSSR count). The highest BCUT2D eigenvalue weighted by Crippen LogP contribution is 2.20. The van der Waals surface area contributed by atoms with Crippen LogP contribution in [-0.2, 0) is 9.59 Å². The van der Waals surface area contributed by atoms with Crippen LogP contribution < -0.4 is 5.32 Å². The van der Waals surface area contributed by atoms with E-state index < -0.39 is 0 Å². The lowest BCUT2D eigenvalue weighted by Crippen LogP contribution is -2.40. The van der Waals surface area contributed by atoms with Crippen molar-refractivity contribution in [2.45, 2.75) is 19.8 Å². The molecule has 136 valence electrons. The van der Waals surface area contributed by atoms with Crippen LogP contribution in [0.25, 0.3) is 6.08 Å². The highest BCUT2D eigenvalue weighted by molar-refractivity contribution is 5.93. The number of aromatic nitrogens is 1. The predicted octanol–water partition coefficient (Wildman–Crippen LogP) is 3.01. The van der Waals surface area contributed by atoms with Gasteiger partial charge in [-0.05, 0) is 43.5 Å². The molecule has 7 heteroatoms. The molecule has 2 heterocycles. The molecule has 0 unspecified atom stereocenters. The van der Waals surface area contributed by atoms with Crippen molar-refractivity contribution in [1.82, 2.24) is 10.1 Å². The summed E-state index contributed by atoms with van der Waals surface area (Å²) in [5, 5.41) is 6.48. The predicted molar refractivity (Wildman–Crippen MR) is 94.6 cm³/mol. The number of carbonyl (C=O) groups excluding carboxylic acids is 2. The number of nitrogens with zero attached hydrogens (tertiary/aromatic N) is 2. The second-order valence-corrected chi connectivity index (χ2v) is 6.30. The first kappa shape index (κ1) is 17.8. The average molecular weight is 357 g/mol. The molecule has 1 aromatic carbocycles. The normalized spacial score (nSPS) is 15.4. The molecule has 6 nitrogen and oxygen atoms in total. The number of aryl methyl sites for hydroxylation is 1. The average Bonchev–Trinajstić information content (AvgIpc) is 3.06. The van der Waals surface area contributed by atoms with E-state index in [0.29, 0.717) is 37.5 Å². The molecule has 2 aromatic rings. The molecule has 0 spiro atoms. The summed E-state index contributed by atoms with van der Waals surface area (Å²) in [5.74, 6) is 0.362. The van der Waals surface area contributed by atoms with Crippen molar-refractivity contribution in [2.75, 3.05) is 18.4 Å². The number of anilines is 1. The maximum atomic E-state index is 12.9. The molecule has 0 atom stereocenters. The Morgan fingerprint density at radius 3 is 2.58 bits per heavy atom. The van der Waals surface area contributed by atoms with Crippen molar-refractivity contribution in [3.63, 3.8) is 0 Å². The summed E-state index contributed by atoms with van der Waals surface area (Å²) in [6, 6.07) is 7.59. The Kier molecular flexibility index (Phi) is 5.46. The number of piperidine rings is 1. The van der Waals surface area contributed by atoms with E-state index in [9.17, 15) is 14.0 Å². The third kappa shape index (κ3) is 4.56. The molecule has 2 amide bonds. The van der Waals surface area contributed by atoms with Gasteiger partial charge in [0.1, 0.15) is 11.6 Å². The van der Waals surface area contributed by atoms with E-state index in [1.807, 2.05) is 0 Å². The van der Waals surface area contributed by atoms with Gasteiger partial charge in [0.2, 0.25) is 11.8 Å². The van der Waals surface area contributed by atoms with E-state index in [-0.39, 0.29) is 23.5 Å². The van der Waals surface area contributed by atoms with E-state index in [1.54, 1.807) is 36.1 Å². The SMILES string of the molecule is Cc1cc(NC(=O)C2CCN(C(=O)/C=C/c3ccc(F)cc3)CC2)no1. The number of amides is 2. The number of hydrogen-bond acceptors (Lipinski definition) is 4. The summed E-state index contributed by atoms with van der Waals surface area (Å²) in [4.78, 5) is 26.2. The van der Waals surface area contributed by atoms with Gasteiger partial charge in [0, 0.05) is 31.1 Å². The Bertz CT molecular complexity index is 806. The topological polar surface area (TPSA) is 75.4 Å². The van der Waals surface area contributed by atoms with Crippen LogP contribution in [0.4, 0.5) is 10.2 Å². The molecule has 1 N–H and O–H groups in total. The standard InChI is InChI=1S/C19H20FN3O3/c1-13-12-17(22-26-13)21-19(25)15-8-10-23(11-9-15)18(24)7-4-14-2-5-16(20)6-3-14/h2-7,12,15H,8-11H2,1H3,(H,21,22,25)/b7-4+. The molecular formula is C19H20FN3O3. The van der Waals surface area contributed by atoms with Gasteiger partial charge < -0.3 is 14.7 Å². The first-order valence-corrected chi connectivity index (χ1v) is 8.48. The minimum atomic E-state index is -0.311. The summed E-state index contributed by atoms with van der Waals surface area (Å²) in [6.07, 6.45) is 4.33. The summed E-state index contributed by atoms with van der Waals surface area (Å²) < 4.78 is 17.8. The van der Waals surface area contributed by atoms with Crippen molar-refractivity contribution >= 4 is 23.7 Å². The Hall–Kier alpha value is -2.96. The summed E-state index contributed by atoms with van der Waals surface area (Å²) in [6.45, 7) is 2.79. The zero-order chi connectivity index (χ0) is 18.5. The third-order valence-corrected chi connectivity index (χ3v) is 4.35. The van der Waals surface area contributed by atoms with Crippen molar-refractivity contribution in [3.8, 4) is 0 Å². The lowest BCUT2D eigenvalue weighted by molar-refractivity contribution is -0.130. The summed E-state index contributed by atoms with van der Waals surface area (Å²) in [5.41, 5.74) is 0.761. The molecule has 1 aromatic heterocycles. The van der Waals surface area contributed by atoms with E-state index in [0.717, 1.165) is 5.56 Å². The number of rotatable bonds is 4. The van der Waals surface area contributed by atoms with Crippen LogP contribution in [0.3, 0.4) is 0 Å². The van der Waals surface area contributed by atoms with Crippen molar-refractivity contribution < 1.29 is 18.5 Å². The minimum absolute atomic E-state index is 0.104. The summed E-state index contributed by atoms with van der Waals surface area (Å²) >= 11 is 0. The molecule has 1 aliphatic heterocycles. The zero-order valence-electron chi connectivity index (χ0n) is 14.4. The van der Waals surface area contributed by atoms with Crippen LogP contribution in [-0.4, -0.2) is 35.0 Å². The molecule has 0 bridgehead atoms. The highest BCUT2D eigenvalue weighted by Gasteiger charge is 2.27. The molecule has 0 saturated carbocycles. The van der Waals surface area contributed by atoms with Gasteiger partial charge in [-0.1, -0.05) is 17.3 Å². The fraction of sp³-hybridized carbons (Fsp3) is 0.316. The molecular weight excluding hydrogens is 337 g/mol. The van der Waals surface area contributed by atoms with Crippen LogP contribution in [0.15, 0.2) is 40.9 Å². The number of hydrogen-bond donors (Lipinski definition) is 1. The smallest absolute Gasteiger partial charge is 0.246 e. The fourth-order valence-electron chi connectivity index (χ4n) is 2.86. The monoisotopic (exact) mass is 357 g/mol. The van der Waals surface area contributed by atoms with E-state index in [4.69, 9.17) is 4.52 Å². The molecule has 1 fully saturated rings. The number of halogens is 1. The van der Waals surface area contributed by atoms with Gasteiger partial charge in [0.15, 0.2) is 5.82 Å². The van der Waals surface area contributed by atoms with Crippen LogP contribution in [0.5, 0.6) is 0 Å².